The van der Waals surface area contributed by atoms with Gasteiger partial charge in [0, 0.05) is 0 Å². The first-order chi connectivity index (χ1) is 7.44. The second-order valence-electron chi connectivity index (χ2n) is 4.43. The van der Waals surface area contributed by atoms with E-state index in [9.17, 15) is 4.79 Å². The Labute approximate surface area is 94.7 Å². The molecule has 0 aliphatic heterocycles. The Bertz CT molecular complexity index is 340. The van der Waals surface area contributed by atoms with E-state index in [1.54, 1.807) is 45.0 Å². The highest BCUT2D eigenvalue weighted by Gasteiger charge is 2.27. The predicted molar refractivity (Wildman–Crippen MR) is 58.7 cm³/mol. The average molecular weight is 224 g/mol. The predicted octanol–water partition coefficient (Wildman–Crippen LogP) is 2.56. The van der Waals surface area contributed by atoms with Gasteiger partial charge >= 0.3 is 5.97 Å². The van der Waals surface area contributed by atoms with Crippen LogP contribution in [0.4, 0.5) is 0 Å². The summed E-state index contributed by atoms with van der Waals surface area (Å²) in [5.41, 5.74) is -0.0536. The number of carbonyl (C=O) groups is 1. The largest absolute Gasteiger partial charge is 0.458 e. The third kappa shape index (κ3) is 3.64. The summed E-state index contributed by atoms with van der Waals surface area (Å²) in [6.07, 6.45) is -1.10. The lowest BCUT2D eigenvalue weighted by atomic mass is 10.1. The quantitative estimate of drug-likeness (QED) is 0.487. The number of benzene rings is 1. The maximum atomic E-state index is 11.7. The van der Waals surface area contributed by atoms with Crippen molar-refractivity contribution in [1.29, 1.82) is 0 Å². The zero-order chi connectivity index (χ0) is 12.2. The molecule has 1 unspecified atom stereocenters. The molecule has 0 saturated heterocycles. The molecule has 1 rings (SSSR count). The van der Waals surface area contributed by atoms with Crippen molar-refractivity contribution < 1.29 is 19.7 Å². The lowest BCUT2D eigenvalue weighted by Gasteiger charge is -2.22. The first-order valence-electron chi connectivity index (χ1n) is 5.02. The van der Waals surface area contributed by atoms with Gasteiger partial charge < -0.3 is 4.74 Å². The lowest BCUT2D eigenvalue weighted by molar-refractivity contribution is -0.283. The minimum Gasteiger partial charge on any atom is -0.458 e. The molecule has 1 atom stereocenters. The van der Waals surface area contributed by atoms with E-state index in [4.69, 9.17) is 9.99 Å². The summed E-state index contributed by atoms with van der Waals surface area (Å²) in [5.74, 6) is -0.610. The van der Waals surface area contributed by atoms with Gasteiger partial charge in [-0.2, -0.15) is 0 Å². The molecule has 4 heteroatoms. The van der Waals surface area contributed by atoms with Crippen LogP contribution in [-0.2, 0) is 14.4 Å². The monoisotopic (exact) mass is 224 g/mol. The highest BCUT2D eigenvalue weighted by Crippen LogP contribution is 2.20. The van der Waals surface area contributed by atoms with Gasteiger partial charge in [-0.1, -0.05) is 30.3 Å². The smallest absolute Gasteiger partial charge is 0.343 e. The highest BCUT2D eigenvalue weighted by molar-refractivity contribution is 5.76. The summed E-state index contributed by atoms with van der Waals surface area (Å²) in [6, 6.07) is 8.69. The molecule has 4 nitrogen and oxygen atoms in total. The molecule has 1 aromatic rings. The average Bonchev–Trinajstić information content (AvgIpc) is 2.17. The van der Waals surface area contributed by atoms with E-state index < -0.39 is 17.7 Å². The molecule has 0 radical (unpaired) electrons. The van der Waals surface area contributed by atoms with Crippen molar-refractivity contribution in [2.45, 2.75) is 32.5 Å². The second-order valence-corrected chi connectivity index (χ2v) is 4.43. The van der Waals surface area contributed by atoms with Gasteiger partial charge in [-0.25, -0.2) is 9.68 Å². The topological polar surface area (TPSA) is 55.8 Å². The summed E-state index contributed by atoms with van der Waals surface area (Å²) >= 11 is 0. The first kappa shape index (κ1) is 12.7. The van der Waals surface area contributed by atoms with E-state index in [1.807, 2.05) is 6.07 Å². The molecule has 0 fully saturated rings. The molecular weight excluding hydrogens is 208 g/mol. The standard InChI is InChI=1S/C12H16O4/c1-12(2,3)15-11(13)10(16-14)9-7-5-4-6-8-9/h4-8,10,14H,1-3H3. The van der Waals surface area contributed by atoms with Crippen molar-refractivity contribution in [3.63, 3.8) is 0 Å². The van der Waals surface area contributed by atoms with Crippen LogP contribution in [-0.4, -0.2) is 16.8 Å². The van der Waals surface area contributed by atoms with E-state index >= 15 is 0 Å². The molecule has 16 heavy (non-hydrogen) atoms. The van der Waals surface area contributed by atoms with Gasteiger partial charge in [0.15, 0.2) is 0 Å². The number of rotatable bonds is 3. The third-order valence-electron chi connectivity index (χ3n) is 1.83. The minimum absolute atomic E-state index is 0.555. The Kier molecular flexibility index (Phi) is 4.04. The molecule has 88 valence electrons. The molecular formula is C12H16O4. The van der Waals surface area contributed by atoms with Gasteiger partial charge in [-0.05, 0) is 26.3 Å². The van der Waals surface area contributed by atoms with Crippen LogP contribution in [0.1, 0.15) is 32.4 Å². The van der Waals surface area contributed by atoms with Gasteiger partial charge in [0.05, 0.1) is 0 Å². The number of esters is 1. The van der Waals surface area contributed by atoms with Gasteiger partial charge in [0.2, 0.25) is 6.10 Å². The van der Waals surface area contributed by atoms with Crippen LogP contribution in [0, 0.1) is 0 Å². The van der Waals surface area contributed by atoms with Gasteiger partial charge in [-0.3, -0.25) is 5.26 Å². The molecule has 0 amide bonds. The highest BCUT2D eigenvalue weighted by atomic mass is 17.1. The van der Waals surface area contributed by atoms with E-state index in [-0.39, 0.29) is 0 Å². The third-order valence-corrected chi connectivity index (χ3v) is 1.83. The van der Waals surface area contributed by atoms with Crippen molar-refractivity contribution >= 4 is 5.97 Å². The summed E-state index contributed by atoms with van der Waals surface area (Å²) in [7, 11) is 0. The van der Waals surface area contributed by atoms with Crippen LogP contribution >= 0.6 is 0 Å². The summed E-state index contributed by atoms with van der Waals surface area (Å²) in [5, 5.41) is 8.75. The fourth-order valence-electron chi connectivity index (χ4n) is 1.22. The lowest BCUT2D eigenvalue weighted by Crippen LogP contribution is -2.28. The maximum absolute atomic E-state index is 11.7. The van der Waals surface area contributed by atoms with Crippen molar-refractivity contribution in [3.8, 4) is 0 Å². The molecule has 1 aromatic carbocycles. The summed E-state index contributed by atoms with van der Waals surface area (Å²) in [6.45, 7) is 5.26. The summed E-state index contributed by atoms with van der Waals surface area (Å²) in [4.78, 5) is 15.9. The van der Waals surface area contributed by atoms with E-state index in [0.717, 1.165) is 0 Å². The Hall–Kier alpha value is -1.39. The Morgan fingerprint density at radius 3 is 2.25 bits per heavy atom. The van der Waals surface area contributed by atoms with E-state index in [0.29, 0.717) is 5.56 Å². The SMILES string of the molecule is CC(C)(C)OC(=O)C(OO)c1ccccc1. The van der Waals surface area contributed by atoms with Crippen LogP contribution in [0.2, 0.25) is 0 Å². The fraction of sp³-hybridized carbons (Fsp3) is 0.417. The van der Waals surface area contributed by atoms with E-state index in [1.165, 1.54) is 0 Å². The van der Waals surface area contributed by atoms with Crippen molar-refractivity contribution in [1.82, 2.24) is 0 Å². The van der Waals surface area contributed by atoms with Gasteiger partial charge in [0.25, 0.3) is 0 Å². The Morgan fingerprint density at radius 1 is 1.25 bits per heavy atom. The zero-order valence-electron chi connectivity index (χ0n) is 9.64. The fourth-order valence-corrected chi connectivity index (χ4v) is 1.22. The van der Waals surface area contributed by atoms with Crippen LogP contribution in [0.15, 0.2) is 30.3 Å². The van der Waals surface area contributed by atoms with Crippen LogP contribution in [0.5, 0.6) is 0 Å². The Morgan fingerprint density at radius 2 is 1.81 bits per heavy atom. The van der Waals surface area contributed by atoms with Crippen LogP contribution in [0.3, 0.4) is 0 Å². The molecule has 0 bridgehead atoms. The van der Waals surface area contributed by atoms with Crippen molar-refractivity contribution in [2.24, 2.45) is 0 Å². The van der Waals surface area contributed by atoms with Gasteiger partial charge in [-0.15, -0.1) is 0 Å². The molecule has 0 heterocycles. The normalized spacial score (nSPS) is 13.2. The first-order valence-corrected chi connectivity index (χ1v) is 5.02. The maximum Gasteiger partial charge on any atom is 0.343 e. The van der Waals surface area contributed by atoms with Crippen LogP contribution in [0.25, 0.3) is 0 Å². The number of ether oxygens (including phenoxy) is 1. The minimum atomic E-state index is -1.10. The summed E-state index contributed by atoms with van der Waals surface area (Å²) < 4.78 is 5.12. The van der Waals surface area contributed by atoms with Gasteiger partial charge in [0.1, 0.15) is 5.60 Å². The molecule has 0 aliphatic carbocycles. The van der Waals surface area contributed by atoms with Crippen molar-refractivity contribution in [2.75, 3.05) is 0 Å². The van der Waals surface area contributed by atoms with Crippen LogP contribution < -0.4 is 0 Å². The Balaban J connectivity index is 2.80. The number of hydrogen-bond donors (Lipinski definition) is 1. The van der Waals surface area contributed by atoms with E-state index in [2.05, 4.69) is 4.89 Å². The zero-order valence-corrected chi connectivity index (χ0v) is 9.64. The molecule has 0 saturated carbocycles. The molecule has 0 aliphatic rings. The second kappa shape index (κ2) is 5.09. The number of hydrogen-bond acceptors (Lipinski definition) is 4. The van der Waals surface area contributed by atoms with Crippen molar-refractivity contribution in [3.05, 3.63) is 35.9 Å². The molecule has 0 aromatic heterocycles. The molecule has 1 N–H and O–H groups in total. The number of carbonyl (C=O) groups excluding carboxylic acids is 1. The molecule has 0 spiro atoms.